The van der Waals surface area contributed by atoms with E-state index in [1.807, 2.05) is 36.4 Å². The summed E-state index contributed by atoms with van der Waals surface area (Å²) in [6.07, 6.45) is 15.3. The summed E-state index contributed by atoms with van der Waals surface area (Å²) in [6.45, 7) is 6.17. The van der Waals surface area contributed by atoms with Crippen LogP contribution in [-0.2, 0) is 28.9 Å². The number of aromatic nitrogens is 2. The fourth-order valence-corrected chi connectivity index (χ4v) is 5.10. The number of hydrogen-bond acceptors (Lipinski definition) is 7. The molecule has 4 rings (SSSR count). The van der Waals surface area contributed by atoms with E-state index < -0.39 is 6.10 Å². The molecule has 0 radical (unpaired) electrons. The minimum atomic E-state index is -0.516. The molecular weight excluding hydrogens is 468 g/mol. The van der Waals surface area contributed by atoms with Gasteiger partial charge in [-0.25, -0.2) is 9.78 Å². The van der Waals surface area contributed by atoms with Gasteiger partial charge in [-0.15, -0.1) is 0 Å². The standard InChI is InChI=1S/C29H40N4O4/c1-2-3-4-5-6-7-15-27(34)37-23(22-33-28(35)24-12-8-9-13-25(24)29(33)36)21-31-17-19-32(20-18-31)26-14-10-11-16-30-26/h7-11,14-16,23,35-36H,2-6,12-13,17-22H2,1H3. The lowest BCUT2D eigenvalue weighted by Crippen LogP contribution is -2.49. The molecule has 37 heavy (non-hydrogen) atoms. The minimum absolute atomic E-state index is 0.0596. The number of hydrogen-bond donors (Lipinski definition) is 2. The third kappa shape index (κ3) is 7.16. The van der Waals surface area contributed by atoms with Gasteiger partial charge < -0.3 is 19.8 Å². The lowest BCUT2D eigenvalue weighted by atomic mass is 10.0. The number of ether oxygens (including phenoxy) is 1. The molecule has 1 saturated heterocycles. The molecule has 3 heterocycles. The first-order valence-corrected chi connectivity index (χ1v) is 13.6. The molecule has 0 spiro atoms. The normalized spacial score (nSPS) is 16.7. The quantitative estimate of drug-likeness (QED) is 0.192. The van der Waals surface area contributed by atoms with Gasteiger partial charge in [0.2, 0.25) is 0 Å². The van der Waals surface area contributed by atoms with Gasteiger partial charge in [0.15, 0.2) is 11.8 Å². The zero-order valence-electron chi connectivity index (χ0n) is 21.9. The predicted octanol–water partition coefficient (Wildman–Crippen LogP) is 4.21. The van der Waals surface area contributed by atoms with Crippen molar-refractivity contribution in [2.75, 3.05) is 37.6 Å². The van der Waals surface area contributed by atoms with E-state index in [2.05, 4.69) is 21.7 Å². The van der Waals surface area contributed by atoms with Crippen LogP contribution in [0, 0.1) is 0 Å². The Kier molecular flexibility index (Phi) is 9.65. The van der Waals surface area contributed by atoms with Crippen molar-refractivity contribution in [2.24, 2.45) is 0 Å². The molecule has 8 heteroatoms. The fourth-order valence-electron chi connectivity index (χ4n) is 5.10. The first-order chi connectivity index (χ1) is 18.1. The van der Waals surface area contributed by atoms with Crippen LogP contribution < -0.4 is 4.90 Å². The summed E-state index contributed by atoms with van der Waals surface area (Å²) < 4.78 is 7.38. The highest BCUT2D eigenvalue weighted by atomic mass is 16.5. The van der Waals surface area contributed by atoms with Crippen LogP contribution >= 0.6 is 0 Å². The second kappa shape index (κ2) is 13.3. The highest BCUT2D eigenvalue weighted by Gasteiger charge is 2.28. The molecule has 200 valence electrons. The van der Waals surface area contributed by atoms with Crippen LogP contribution in [0.3, 0.4) is 0 Å². The number of anilines is 1. The lowest BCUT2D eigenvalue weighted by molar-refractivity contribution is -0.144. The predicted molar refractivity (Wildman–Crippen MR) is 145 cm³/mol. The molecule has 1 unspecified atom stereocenters. The molecule has 2 aromatic rings. The summed E-state index contributed by atoms with van der Waals surface area (Å²) in [4.78, 5) is 21.7. The fraction of sp³-hybridized carbons (Fsp3) is 0.517. The van der Waals surface area contributed by atoms with Crippen molar-refractivity contribution < 1.29 is 19.7 Å². The number of aromatic hydroxyl groups is 2. The lowest BCUT2D eigenvalue weighted by Gasteiger charge is -2.36. The summed E-state index contributed by atoms with van der Waals surface area (Å²) in [5, 5.41) is 21.7. The summed E-state index contributed by atoms with van der Waals surface area (Å²) in [6, 6.07) is 5.92. The van der Waals surface area contributed by atoms with E-state index in [0.29, 0.717) is 19.4 Å². The minimum Gasteiger partial charge on any atom is -0.494 e. The maximum absolute atomic E-state index is 12.7. The molecule has 2 N–H and O–H groups in total. The molecule has 0 amide bonds. The van der Waals surface area contributed by atoms with Crippen LogP contribution in [0.25, 0.3) is 0 Å². The molecule has 0 aromatic carbocycles. The monoisotopic (exact) mass is 508 g/mol. The van der Waals surface area contributed by atoms with Gasteiger partial charge in [-0.05, 0) is 37.8 Å². The van der Waals surface area contributed by atoms with Crippen molar-refractivity contribution in [3.05, 3.63) is 59.8 Å². The van der Waals surface area contributed by atoms with E-state index in [-0.39, 0.29) is 24.3 Å². The first kappa shape index (κ1) is 26.8. The number of unbranched alkanes of at least 4 members (excludes halogenated alkanes) is 4. The zero-order valence-corrected chi connectivity index (χ0v) is 21.9. The Labute approximate surface area is 219 Å². The van der Waals surface area contributed by atoms with Gasteiger partial charge in [0.05, 0.1) is 6.54 Å². The smallest absolute Gasteiger partial charge is 0.330 e. The molecule has 8 nitrogen and oxygen atoms in total. The van der Waals surface area contributed by atoms with Crippen LogP contribution in [0.4, 0.5) is 5.82 Å². The topological polar surface area (TPSA) is 91.1 Å². The number of allylic oxidation sites excluding steroid dienone is 3. The summed E-state index contributed by atoms with van der Waals surface area (Å²) >= 11 is 0. The molecule has 0 saturated carbocycles. The average molecular weight is 509 g/mol. The third-order valence-corrected chi connectivity index (χ3v) is 7.18. The van der Waals surface area contributed by atoms with Crippen LogP contribution in [0.2, 0.25) is 0 Å². The highest BCUT2D eigenvalue weighted by Crippen LogP contribution is 2.37. The van der Waals surface area contributed by atoms with Gasteiger partial charge in [0.25, 0.3) is 0 Å². The van der Waals surface area contributed by atoms with Crippen molar-refractivity contribution >= 4 is 11.8 Å². The average Bonchev–Trinajstić information content (AvgIpc) is 3.16. The maximum Gasteiger partial charge on any atom is 0.330 e. The molecule has 1 aliphatic heterocycles. The second-order valence-corrected chi connectivity index (χ2v) is 9.88. The summed E-state index contributed by atoms with van der Waals surface area (Å²) in [5.74, 6) is 0.703. The number of rotatable bonds is 12. The third-order valence-electron chi connectivity index (χ3n) is 7.18. The van der Waals surface area contributed by atoms with E-state index in [4.69, 9.17) is 4.74 Å². The molecule has 2 aliphatic rings. The Balaban J connectivity index is 1.40. The number of nitrogens with zero attached hydrogens (tertiary/aromatic N) is 4. The highest BCUT2D eigenvalue weighted by molar-refractivity contribution is 5.82. The number of pyridine rings is 1. The van der Waals surface area contributed by atoms with Crippen LogP contribution in [0.1, 0.15) is 50.2 Å². The van der Waals surface area contributed by atoms with Crippen molar-refractivity contribution in [3.63, 3.8) is 0 Å². The van der Waals surface area contributed by atoms with Crippen molar-refractivity contribution in [3.8, 4) is 11.8 Å². The number of carbonyl (C=O) groups is 1. The number of fused-ring (bicyclic) bond motifs is 1. The van der Waals surface area contributed by atoms with E-state index in [9.17, 15) is 15.0 Å². The van der Waals surface area contributed by atoms with E-state index in [1.54, 1.807) is 6.20 Å². The van der Waals surface area contributed by atoms with Crippen molar-refractivity contribution in [2.45, 2.75) is 64.5 Å². The van der Waals surface area contributed by atoms with E-state index in [0.717, 1.165) is 62.4 Å². The summed E-state index contributed by atoms with van der Waals surface area (Å²) in [5.41, 5.74) is 1.50. The molecule has 0 bridgehead atoms. The van der Waals surface area contributed by atoms with Gasteiger partial charge in [-0.3, -0.25) is 9.47 Å². The van der Waals surface area contributed by atoms with Gasteiger partial charge in [0, 0.05) is 56.1 Å². The Hall–Kier alpha value is -3.26. The van der Waals surface area contributed by atoms with Crippen molar-refractivity contribution in [1.82, 2.24) is 14.5 Å². The van der Waals surface area contributed by atoms with Gasteiger partial charge in [0.1, 0.15) is 11.9 Å². The van der Waals surface area contributed by atoms with Gasteiger partial charge in [-0.1, -0.05) is 50.5 Å². The van der Waals surface area contributed by atoms with Gasteiger partial charge >= 0.3 is 5.97 Å². The van der Waals surface area contributed by atoms with Crippen LogP contribution in [0.15, 0.2) is 48.7 Å². The van der Waals surface area contributed by atoms with Crippen LogP contribution in [0.5, 0.6) is 11.8 Å². The SMILES string of the molecule is CCCCCCC=CC(=O)OC(CN1CCN(c2ccccn2)CC1)Cn1c(O)c2c(c1O)CC=CC2. The molecule has 1 aliphatic carbocycles. The van der Waals surface area contributed by atoms with E-state index >= 15 is 0 Å². The van der Waals surface area contributed by atoms with Gasteiger partial charge in [-0.2, -0.15) is 0 Å². The molecule has 1 atom stereocenters. The Bertz CT molecular complexity index is 1040. The Morgan fingerprint density at radius 3 is 2.41 bits per heavy atom. The first-order valence-electron chi connectivity index (χ1n) is 13.6. The van der Waals surface area contributed by atoms with E-state index in [1.165, 1.54) is 23.5 Å². The number of piperazine rings is 1. The molecule has 1 fully saturated rings. The second-order valence-electron chi connectivity index (χ2n) is 9.88. The summed E-state index contributed by atoms with van der Waals surface area (Å²) in [7, 11) is 0. The molecular formula is C29H40N4O4. The number of carbonyl (C=O) groups excluding carboxylic acids is 1. The Morgan fingerprint density at radius 1 is 1.03 bits per heavy atom. The molecule has 2 aromatic heterocycles. The van der Waals surface area contributed by atoms with Crippen molar-refractivity contribution in [1.29, 1.82) is 0 Å². The maximum atomic E-state index is 12.7. The zero-order chi connectivity index (χ0) is 26.0. The van der Waals surface area contributed by atoms with Crippen LogP contribution in [-0.4, -0.2) is 69.5 Å². The Morgan fingerprint density at radius 2 is 1.76 bits per heavy atom. The number of esters is 1. The largest absolute Gasteiger partial charge is 0.494 e.